The first-order chi connectivity index (χ1) is 12.4. The average Bonchev–Trinajstić information content (AvgIpc) is 2.76. The third kappa shape index (κ3) is 2.81. The minimum absolute atomic E-state index is 0.123. The van der Waals surface area contributed by atoms with Crippen LogP contribution in [0.4, 0.5) is 10.1 Å². The van der Waals surface area contributed by atoms with Crippen LogP contribution < -0.4 is 10.2 Å². The highest BCUT2D eigenvalue weighted by atomic mass is 32.2. The highest BCUT2D eigenvalue weighted by Crippen LogP contribution is 2.45. The van der Waals surface area contributed by atoms with E-state index in [2.05, 4.69) is 24.2 Å². The molecular formula is C20H23FN2O2S. The Morgan fingerprint density at radius 1 is 1.12 bits per heavy atom. The van der Waals surface area contributed by atoms with E-state index in [1.54, 1.807) is 6.07 Å². The van der Waals surface area contributed by atoms with Gasteiger partial charge in [-0.1, -0.05) is 0 Å². The molecule has 2 aromatic rings. The second-order valence-electron chi connectivity index (χ2n) is 7.34. The van der Waals surface area contributed by atoms with Gasteiger partial charge >= 0.3 is 0 Å². The molecule has 2 aliphatic heterocycles. The van der Waals surface area contributed by atoms with Gasteiger partial charge in [0.05, 0.1) is 9.79 Å². The fraction of sp³-hybridized carbons (Fsp3) is 0.400. The zero-order chi connectivity index (χ0) is 18.5. The molecule has 1 saturated heterocycles. The number of benzene rings is 2. The van der Waals surface area contributed by atoms with Gasteiger partial charge in [0.15, 0.2) is 0 Å². The summed E-state index contributed by atoms with van der Waals surface area (Å²) in [5.41, 5.74) is 2.23. The van der Waals surface area contributed by atoms with Gasteiger partial charge in [0.25, 0.3) is 0 Å². The largest absolute Gasteiger partial charge is 0.371 e. The predicted octanol–water partition coefficient (Wildman–Crippen LogP) is 3.33. The molecule has 1 fully saturated rings. The number of halogens is 1. The van der Waals surface area contributed by atoms with Gasteiger partial charge in [-0.25, -0.2) is 12.8 Å². The molecule has 0 bridgehead atoms. The lowest BCUT2D eigenvalue weighted by molar-refractivity contribution is 0.496. The Labute approximate surface area is 153 Å². The van der Waals surface area contributed by atoms with Crippen LogP contribution in [0, 0.1) is 5.82 Å². The maximum absolute atomic E-state index is 13.2. The second-order valence-corrected chi connectivity index (χ2v) is 9.29. The van der Waals surface area contributed by atoms with Crippen molar-refractivity contribution in [1.82, 2.24) is 5.32 Å². The van der Waals surface area contributed by atoms with Gasteiger partial charge in [-0.05, 0) is 74.3 Å². The van der Waals surface area contributed by atoms with Gasteiger partial charge in [0.2, 0.25) is 9.84 Å². The molecule has 26 heavy (non-hydrogen) atoms. The number of nitrogens with one attached hydrogen (secondary N) is 1. The molecule has 1 N–H and O–H groups in total. The summed E-state index contributed by atoms with van der Waals surface area (Å²) < 4.78 is 39.1. The minimum Gasteiger partial charge on any atom is -0.371 e. The first-order valence-corrected chi connectivity index (χ1v) is 10.5. The van der Waals surface area contributed by atoms with Crippen molar-refractivity contribution in [1.29, 1.82) is 0 Å². The van der Waals surface area contributed by atoms with Crippen molar-refractivity contribution in [3.63, 3.8) is 0 Å². The maximum atomic E-state index is 13.2. The average molecular weight is 374 g/mol. The Kier molecular flexibility index (Phi) is 4.28. The van der Waals surface area contributed by atoms with Gasteiger partial charge in [-0.15, -0.1) is 0 Å². The van der Waals surface area contributed by atoms with Gasteiger partial charge in [0.1, 0.15) is 5.82 Å². The molecule has 1 unspecified atom stereocenters. The Morgan fingerprint density at radius 3 is 2.54 bits per heavy atom. The van der Waals surface area contributed by atoms with E-state index in [1.165, 1.54) is 24.3 Å². The lowest BCUT2D eigenvalue weighted by Gasteiger charge is -2.25. The number of likely N-dealkylation sites (N-methyl/N-ethyl adjacent to an activating group) is 1. The highest BCUT2D eigenvalue weighted by Gasteiger charge is 2.39. The van der Waals surface area contributed by atoms with E-state index in [0.29, 0.717) is 18.0 Å². The molecule has 0 amide bonds. The van der Waals surface area contributed by atoms with E-state index in [-0.39, 0.29) is 9.79 Å². The smallest absolute Gasteiger partial charge is 0.206 e. The summed E-state index contributed by atoms with van der Waals surface area (Å²) in [7, 11) is -1.57. The number of rotatable bonds is 2. The molecule has 138 valence electrons. The van der Waals surface area contributed by atoms with Crippen LogP contribution in [0.3, 0.4) is 0 Å². The normalized spacial score (nSPS) is 25.5. The van der Waals surface area contributed by atoms with Crippen molar-refractivity contribution in [3.05, 3.63) is 53.8 Å². The van der Waals surface area contributed by atoms with Crippen LogP contribution in [-0.4, -0.2) is 34.1 Å². The molecule has 0 aliphatic carbocycles. The Balaban J connectivity index is 1.77. The summed E-state index contributed by atoms with van der Waals surface area (Å²) in [6, 6.07) is 11.2. The molecule has 0 radical (unpaired) electrons. The van der Waals surface area contributed by atoms with Crippen LogP contribution in [0.15, 0.2) is 52.3 Å². The predicted molar refractivity (Wildman–Crippen MR) is 99.9 cm³/mol. The number of fused-ring (bicyclic) bond motifs is 3. The first-order valence-electron chi connectivity index (χ1n) is 8.99. The van der Waals surface area contributed by atoms with E-state index in [9.17, 15) is 12.8 Å². The van der Waals surface area contributed by atoms with Crippen LogP contribution >= 0.6 is 0 Å². The summed E-state index contributed by atoms with van der Waals surface area (Å²) >= 11 is 0. The number of hydrogen-bond donors (Lipinski definition) is 1. The topological polar surface area (TPSA) is 49.4 Å². The molecule has 0 saturated carbocycles. The van der Waals surface area contributed by atoms with E-state index in [4.69, 9.17) is 0 Å². The molecule has 6 heteroatoms. The zero-order valence-electron chi connectivity index (χ0n) is 14.9. The summed E-state index contributed by atoms with van der Waals surface area (Å²) in [4.78, 5) is 2.69. The number of hydrogen-bond acceptors (Lipinski definition) is 4. The molecule has 2 aliphatic rings. The fourth-order valence-corrected chi connectivity index (χ4v) is 5.64. The van der Waals surface area contributed by atoms with Crippen molar-refractivity contribution in [2.24, 2.45) is 0 Å². The lowest BCUT2D eigenvalue weighted by atomic mass is 9.89. The van der Waals surface area contributed by atoms with Gasteiger partial charge in [-0.2, -0.15) is 0 Å². The Bertz CT molecular complexity index is 927. The van der Waals surface area contributed by atoms with E-state index < -0.39 is 15.7 Å². The summed E-state index contributed by atoms with van der Waals surface area (Å²) in [5.74, 6) is -0.120. The van der Waals surface area contributed by atoms with Gasteiger partial charge in [-0.3, -0.25) is 0 Å². The molecule has 4 nitrogen and oxygen atoms in total. The van der Waals surface area contributed by atoms with E-state index in [1.807, 2.05) is 12.1 Å². The van der Waals surface area contributed by atoms with Crippen LogP contribution in [0.25, 0.3) is 0 Å². The van der Waals surface area contributed by atoms with Crippen molar-refractivity contribution in [2.45, 2.75) is 47.6 Å². The third-order valence-corrected chi connectivity index (χ3v) is 7.48. The summed E-state index contributed by atoms with van der Waals surface area (Å²) in [6.07, 6.45) is 2.03. The number of sulfone groups is 1. The number of anilines is 1. The van der Waals surface area contributed by atoms with Crippen LogP contribution in [0.2, 0.25) is 0 Å². The molecule has 3 atom stereocenters. The van der Waals surface area contributed by atoms with E-state index >= 15 is 0 Å². The third-order valence-electron chi connectivity index (χ3n) is 5.72. The molecule has 0 aromatic heterocycles. The zero-order valence-corrected chi connectivity index (χ0v) is 15.8. The van der Waals surface area contributed by atoms with Crippen molar-refractivity contribution in [3.8, 4) is 0 Å². The molecule has 4 rings (SSSR count). The van der Waals surface area contributed by atoms with Crippen molar-refractivity contribution in [2.75, 3.05) is 18.5 Å². The Morgan fingerprint density at radius 2 is 1.81 bits per heavy atom. The van der Waals surface area contributed by atoms with E-state index in [0.717, 1.165) is 30.6 Å². The Hall–Kier alpha value is -1.92. The fourth-order valence-electron chi connectivity index (χ4n) is 4.34. The molecule has 0 spiro atoms. The highest BCUT2D eigenvalue weighted by molar-refractivity contribution is 7.91. The minimum atomic E-state index is -3.66. The lowest BCUT2D eigenvalue weighted by Crippen LogP contribution is -2.31. The monoisotopic (exact) mass is 374 g/mol. The van der Waals surface area contributed by atoms with Gasteiger partial charge in [0, 0.05) is 30.7 Å². The second kappa shape index (κ2) is 6.35. The standard InChI is InChI=1S/C20H23FN2O2S/c1-13-11-17-18-12-16(26(24,25)15-5-3-14(21)4-6-15)7-8-19(18)23(2)20(17)9-10-22-13/h3-8,12-13,17,20,22H,9-11H2,1-2H3/t13?,17-,20+/m1/s1. The maximum Gasteiger partial charge on any atom is 0.206 e. The van der Waals surface area contributed by atoms with Crippen molar-refractivity contribution >= 4 is 15.5 Å². The molecular weight excluding hydrogens is 351 g/mol. The first kappa shape index (κ1) is 17.5. The van der Waals surface area contributed by atoms with Crippen LogP contribution in [0.5, 0.6) is 0 Å². The van der Waals surface area contributed by atoms with Crippen molar-refractivity contribution < 1.29 is 12.8 Å². The molecule has 2 aromatic carbocycles. The quantitative estimate of drug-likeness (QED) is 0.819. The van der Waals surface area contributed by atoms with Crippen LogP contribution in [-0.2, 0) is 9.84 Å². The summed E-state index contributed by atoms with van der Waals surface area (Å²) in [6.45, 7) is 3.15. The van der Waals surface area contributed by atoms with Crippen LogP contribution in [0.1, 0.15) is 31.2 Å². The number of nitrogens with zero attached hydrogens (tertiary/aromatic N) is 1. The molecule has 2 heterocycles. The van der Waals surface area contributed by atoms with Gasteiger partial charge < -0.3 is 10.2 Å². The SMILES string of the molecule is CC1C[C@@H]2c3cc(S(=O)(=O)c4ccc(F)cc4)ccc3N(C)[C@H]2CCN1. The summed E-state index contributed by atoms with van der Waals surface area (Å²) in [5, 5.41) is 3.52.